The molecule has 0 saturated heterocycles. The Bertz CT molecular complexity index is 1590. The van der Waals surface area contributed by atoms with E-state index in [2.05, 4.69) is 42.6 Å². The van der Waals surface area contributed by atoms with Crippen LogP contribution in [0.4, 0.5) is 4.79 Å². The molecule has 46 heavy (non-hydrogen) atoms. The second-order valence-electron chi connectivity index (χ2n) is 12.4. The van der Waals surface area contributed by atoms with Gasteiger partial charge in [-0.25, -0.2) is 4.79 Å². The fraction of sp³-hybridized carbons (Fsp3) is 0.342. The van der Waals surface area contributed by atoms with Crippen molar-refractivity contribution in [2.75, 3.05) is 26.4 Å². The molecule has 1 unspecified atom stereocenters. The van der Waals surface area contributed by atoms with Crippen molar-refractivity contribution in [3.63, 3.8) is 0 Å². The van der Waals surface area contributed by atoms with Crippen molar-refractivity contribution < 1.29 is 24.1 Å². The minimum absolute atomic E-state index is 0.00146. The molecule has 1 amide bonds. The normalized spacial score (nSPS) is 12.0. The van der Waals surface area contributed by atoms with E-state index in [0.717, 1.165) is 44.7 Å². The molecule has 0 aliphatic heterocycles. The number of aliphatic hydroxyl groups is 1. The van der Waals surface area contributed by atoms with Gasteiger partial charge in [0.2, 0.25) is 0 Å². The Balaban J connectivity index is 1.46. The summed E-state index contributed by atoms with van der Waals surface area (Å²) in [6, 6.07) is 26.2. The Morgan fingerprint density at radius 2 is 1.57 bits per heavy atom. The summed E-state index contributed by atoms with van der Waals surface area (Å²) < 4.78 is 17.2. The summed E-state index contributed by atoms with van der Waals surface area (Å²) in [5.74, 6) is 1.17. The molecule has 0 bridgehead atoms. The number of hydrogen-bond acceptors (Lipinski definition) is 5. The molecular formula is C38H43Cl2NO5. The van der Waals surface area contributed by atoms with Gasteiger partial charge in [0, 0.05) is 19.1 Å². The average molecular weight is 665 g/mol. The second-order valence-corrected chi connectivity index (χ2v) is 13.2. The third-order valence-electron chi connectivity index (χ3n) is 7.46. The van der Waals surface area contributed by atoms with Crippen LogP contribution in [0.15, 0.2) is 78.9 Å². The van der Waals surface area contributed by atoms with Gasteiger partial charge in [0.1, 0.15) is 24.6 Å². The number of amides is 1. The topological polar surface area (TPSA) is 77.0 Å². The minimum atomic E-state index is -0.585. The van der Waals surface area contributed by atoms with Crippen LogP contribution in [-0.2, 0) is 17.6 Å². The third kappa shape index (κ3) is 10.1. The van der Waals surface area contributed by atoms with Crippen LogP contribution < -0.4 is 14.8 Å². The third-order valence-corrected chi connectivity index (χ3v) is 8.02. The number of alkyl carbamates (subject to hydrolysis) is 1. The van der Waals surface area contributed by atoms with E-state index in [1.54, 1.807) is 0 Å². The molecule has 0 radical (unpaired) electrons. The highest BCUT2D eigenvalue weighted by molar-refractivity contribution is 6.37. The lowest BCUT2D eigenvalue weighted by molar-refractivity contribution is 0.0524. The monoisotopic (exact) mass is 663 g/mol. The largest absolute Gasteiger partial charge is 0.490 e. The van der Waals surface area contributed by atoms with Gasteiger partial charge in [-0.1, -0.05) is 77.8 Å². The molecule has 1 atom stereocenters. The van der Waals surface area contributed by atoms with Crippen LogP contribution in [0.5, 0.6) is 11.5 Å². The van der Waals surface area contributed by atoms with Crippen LogP contribution in [0.3, 0.4) is 0 Å². The molecule has 0 aromatic heterocycles. The maximum atomic E-state index is 12.6. The van der Waals surface area contributed by atoms with E-state index in [1.165, 1.54) is 0 Å². The molecule has 4 aromatic rings. The number of hydrogen-bond donors (Lipinski definition) is 2. The molecule has 4 rings (SSSR count). The Labute approximate surface area is 282 Å². The second kappa shape index (κ2) is 16.2. The Morgan fingerprint density at radius 1 is 0.891 bits per heavy atom. The van der Waals surface area contributed by atoms with Crippen LogP contribution in [-0.4, -0.2) is 43.2 Å². The zero-order chi connectivity index (χ0) is 33.3. The molecule has 0 saturated carbocycles. The van der Waals surface area contributed by atoms with Crippen LogP contribution in [0.25, 0.3) is 11.1 Å². The lowest BCUT2D eigenvalue weighted by Gasteiger charge is -2.24. The smallest absolute Gasteiger partial charge is 0.407 e. The standard InChI is InChI=1S/C38H43Cl2NO5/c1-25-20-34(39)36(35(40)21-25)45-19-18-44-31-13-10-27(11-14-31)23-30(24-41-37(43)46-38(3,4)5)32-15-12-29(22-26(32)2)33-9-7-6-8-28(33)16-17-42/h6-15,20-22,30,42H,16-19,23-24H2,1-5H3,(H,41,43). The Morgan fingerprint density at radius 3 is 2.22 bits per heavy atom. The van der Waals surface area contributed by atoms with E-state index in [4.69, 9.17) is 37.4 Å². The SMILES string of the molecule is Cc1cc(Cl)c(OCCOc2ccc(CC(CNC(=O)OC(C)(C)C)c3ccc(-c4ccccc4CCO)cc3C)cc2)c(Cl)c1. The number of ether oxygens (including phenoxy) is 3. The van der Waals surface area contributed by atoms with Crippen LogP contribution >= 0.6 is 23.2 Å². The highest BCUT2D eigenvalue weighted by Gasteiger charge is 2.20. The predicted molar refractivity (Wildman–Crippen MR) is 187 cm³/mol. The zero-order valence-corrected chi connectivity index (χ0v) is 28.7. The molecule has 6 nitrogen and oxygen atoms in total. The number of aliphatic hydroxyl groups excluding tert-OH is 1. The lowest BCUT2D eigenvalue weighted by atomic mass is 9.86. The van der Waals surface area contributed by atoms with Crippen LogP contribution in [0.1, 0.15) is 54.5 Å². The highest BCUT2D eigenvalue weighted by Crippen LogP contribution is 2.34. The fourth-order valence-corrected chi connectivity index (χ4v) is 6.09. The van der Waals surface area contributed by atoms with E-state index in [1.807, 2.05) is 76.2 Å². The molecule has 0 heterocycles. The van der Waals surface area contributed by atoms with Gasteiger partial charge in [-0.3, -0.25) is 0 Å². The van der Waals surface area contributed by atoms with Gasteiger partial charge >= 0.3 is 6.09 Å². The van der Waals surface area contributed by atoms with E-state index in [0.29, 0.717) is 48.4 Å². The van der Waals surface area contributed by atoms with Crippen molar-refractivity contribution in [2.45, 2.75) is 59.0 Å². The van der Waals surface area contributed by atoms with Crippen molar-refractivity contribution in [1.82, 2.24) is 5.32 Å². The summed E-state index contributed by atoms with van der Waals surface area (Å²) in [6.45, 7) is 10.7. The van der Waals surface area contributed by atoms with Gasteiger partial charge in [0.25, 0.3) is 0 Å². The number of carbonyl (C=O) groups is 1. The van der Waals surface area contributed by atoms with Crippen molar-refractivity contribution in [3.8, 4) is 22.6 Å². The zero-order valence-electron chi connectivity index (χ0n) is 27.2. The van der Waals surface area contributed by atoms with Gasteiger partial charge in [-0.05, 0) is 111 Å². The molecule has 0 fully saturated rings. The molecule has 0 spiro atoms. The van der Waals surface area contributed by atoms with E-state index in [-0.39, 0.29) is 12.5 Å². The van der Waals surface area contributed by atoms with Crippen molar-refractivity contribution in [1.29, 1.82) is 0 Å². The van der Waals surface area contributed by atoms with Gasteiger partial charge in [-0.2, -0.15) is 0 Å². The summed E-state index contributed by atoms with van der Waals surface area (Å²) in [5, 5.41) is 13.5. The number of rotatable bonds is 13. The number of halogens is 2. The summed E-state index contributed by atoms with van der Waals surface area (Å²) in [6.07, 6.45) is 0.857. The Kier molecular flexibility index (Phi) is 12.4. The number of carbonyl (C=O) groups excluding carboxylic acids is 1. The number of aryl methyl sites for hydroxylation is 2. The van der Waals surface area contributed by atoms with Crippen LogP contribution in [0, 0.1) is 13.8 Å². The van der Waals surface area contributed by atoms with Gasteiger partial charge in [0.05, 0.1) is 10.0 Å². The molecule has 8 heteroatoms. The first-order valence-electron chi connectivity index (χ1n) is 15.5. The van der Waals surface area contributed by atoms with Crippen molar-refractivity contribution >= 4 is 29.3 Å². The first-order chi connectivity index (χ1) is 21.9. The molecule has 244 valence electrons. The van der Waals surface area contributed by atoms with Crippen molar-refractivity contribution in [2.24, 2.45) is 0 Å². The first-order valence-corrected chi connectivity index (χ1v) is 16.3. The number of nitrogens with one attached hydrogen (secondary N) is 1. The molecule has 0 aliphatic rings. The average Bonchev–Trinajstić information content (AvgIpc) is 2.99. The fourth-order valence-electron chi connectivity index (χ4n) is 5.39. The first kappa shape index (κ1) is 35.1. The summed E-state index contributed by atoms with van der Waals surface area (Å²) in [7, 11) is 0. The highest BCUT2D eigenvalue weighted by atomic mass is 35.5. The molecule has 2 N–H and O–H groups in total. The summed E-state index contributed by atoms with van der Waals surface area (Å²) >= 11 is 12.6. The van der Waals surface area contributed by atoms with E-state index in [9.17, 15) is 9.90 Å². The lowest BCUT2D eigenvalue weighted by Crippen LogP contribution is -2.35. The maximum absolute atomic E-state index is 12.6. The van der Waals surface area contributed by atoms with Gasteiger partial charge in [0.15, 0.2) is 5.75 Å². The van der Waals surface area contributed by atoms with Gasteiger partial charge < -0.3 is 24.6 Å². The van der Waals surface area contributed by atoms with E-state index >= 15 is 0 Å². The number of benzene rings is 4. The van der Waals surface area contributed by atoms with Crippen molar-refractivity contribution in [3.05, 3.63) is 117 Å². The maximum Gasteiger partial charge on any atom is 0.407 e. The van der Waals surface area contributed by atoms with Gasteiger partial charge in [-0.15, -0.1) is 0 Å². The summed E-state index contributed by atoms with van der Waals surface area (Å²) in [4.78, 5) is 12.6. The molecule has 0 aliphatic carbocycles. The molecular weight excluding hydrogens is 621 g/mol. The predicted octanol–water partition coefficient (Wildman–Crippen LogP) is 9.12. The molecule has 4 aromatic carbocycles. The van der Waals surface area contributed by atoms with E-state index < -0.39 is 11.7 Å². The summed E-state index contributed by atoms with van der Waals surface area (Å²) in [5.41, 5.74) is 7.08. The minimum Gasteiger partial charge on any atom is -0.490 e. The Hall–Kier alpha value is -3.71. The quantitative estimate of drug-likeness (QED) is 0.140. The van der Waals surface area contributed by atoms with Crippen LogP contribution in [0.2, 0.25) is 10.0 Å².